The van der Waals surface area contributed by atoms with E-state index >= 15 is 0 Å². The quantitative estimate of drug-likeness (QED) is 0.866. The van der Waals surface area contributed by atoms with Crippen molar-refractivity contribution >= 4 is 35.1 Å². The molecule has 0 saturated carbocycles. The molecule has 0 atom stereocenters. The number of carboxylic acids is 1. The number of carbonyl (C=O) groups excluding carboxylic acids is 2. The number of fused-ring (bicyclic) bond motifs is 1. The Morgan fingerprint density at radius 1 is 1.00 bits per heavy atom. The van der Waals surface area contributed by atoms with Gasteiger partial charge >= 0.3 is 5.97 Å². The van der Waals surface area contributed by atoms with Gasteiger partial charge in [0.05, 0.1) is 22.4 Å². The van der Waals surface area contributed by atoms with Crippen molar-refractivity contribution < 1.29 is 19.5 Å². The maximum absolute atomic E-state index is 12.3. The average Bonchev–Trinajstić information content (AvgIpc) is 2.72. The molecule has 0 aromatic heterocycles. The van der Waals surface area contributed by atoms with Gasteiger partial charge in [0.25, 0.3) is 11.8 Å². The van der Waals surface area contributed by atoms with Crippen molar-refractivity contribution in [3.8, 4) is 0 Å². The second-order valence-corrected chi connectivity index (χ2v) is 4.89. The van der Waals surface area contributed by atoms with Gasteiger partial charge in [-0.3, -0.25) is 9.59 Å². The number of carbonyl (C=O) groups is 3. The molecule has 6 heteroatoms. The minimum Gasteiger partial charge on any atom is -0.478 e. The Morgan fingerprint density at radius 2 is 1.57 bits per heavy atom. The van der Waals surface area contributed by atoms with Crippen LogP contribution in [0.4, 0.5) is 5.69 Å². The van der Waals surface area contributed by atoms with Crippen LogP contribution in [-0.2, 0) is 0 Å². The van der Waals surface area contributed by atoms with Crippen LogP contribution < -0.4 is 4.90 Å². The van der Waals surface area contributed by atoms with E-state index < -0.39 is 17.8 Å². The van der Waals surface area contributed by atoms with Crippen LogP contribution in [0.5, 0.6) is 0 Å². The van der Waals surface area contributed by atoms with Crippen molar-refractivity contribution in [3.63, 3.8) is 0 Å². The standard InChI is InChI=1S/C15H8ClNO4/c16-8-5-6-12(11(7-8)15(20)21)17-13(18)9-3-1-2-4-10(9)14(17)19/h1-7H,(H,20,21). The van der Waals surface area contributed by atoms with E-state index in [-0.39, 0.29) is 27.4 Å². The monoisotopic (exact) mass is 301 g/mol. The van der Waals surface area contributed by atoms with Gasteiger partial charge in [-0.25, -0.2) is 9.69 Å². The van der Waals surface area contributed by atoms with Crippen LogP contribution in [0.15, 0.2) is 42.5 Å². The maximum Gasteiger partial charge on any atom is 0.337 e. The van der Waals surface area contributed by atoms with Gasteiger partial charge < -0.3 is 5.11 Å². The van der Waals surface area contributed by atoms with Crippen LogP contribution in [0.3, 0.4) is 0 Å². The largest absolute Gasteiger partial charge is 0.478 e. The van der Waals surface area contributed by atoms with Crippen LogP contribution in [0.1, 0.15) is 31.1 Å². The van der Waals surface area contributed by atoms with Gasteiger partial charge in [-0.15, -0.1) is 0 Å². The first-order valence-corrected chi connectivity index (χ1v) is 6.39. The lowest BCUT2D eigenvalue weighted by molar-refractivity contribution is 0.0698. The highest BCUT2D eigenvalue weighted by Gasteiger charge is 2.38. The molecule has 1 heterocycles. The van der Waals surface area contributed by atoms with Crippen LogP contribution in [-0.4, -0.2) is 22.9 Å². The lowest BCUT2D eigenvalue weighted by Gasteiger charge is -2.16. The molecule has 0 saturated heterocycles. The van der Waals surface area contributed by atoms with E-state index in [0.29, 0.717) is 0 Å². The molecule has 2 amide bonds. The molecular weight excluding hydrogens is 294 g/mol. The molecule has 0 radical (unpaired) electrons. The molecule has 1 aliphatic rings. The Kier molecular flexibility index (Phi) is 2.99. The third-order valence-electron chi connectivity index (χ3n) is 3.22. The third-order valence-corrected chi connectivity index (χ3v) is 3.46. The number of halogens is 1. The number of hydrogen-bond acceptors (Lipinski definition) is 3. The smallest absolute Gasteiger partial charge is 0.337 e. The Hall–Kier alpha value is -2.66. The average molecular weight is 302 g/mol. The molecule has 0 fully saturated rings. The summed E-state index contributed by atoms with van der Waals surface area (Å²) in [6.07, 6.45) is 0. The first kappa shape index (κ1) is 13.3. The van der Waals surface area contributed by atoms with Crippen molar-refractivity contribution in [2.75, 3.05) is 4.90 Å². The molecule has 104 valence electrons. The van der Waals surface area contributed by atoms with E-state index in [2.05, 4.69) is 0 Å². The molecule has 21 heavy (non-hydrogen) atoms. The van der Waals surface area contributed by atoms with E-state index in [1.165, 1.54) is 30.3 Å². The summed E-state index contributed by atoms with van der Waals surface area (Å²) in [5, 5.41) is 9.45. The number of rotatable bonds is 2. The Labute approximate surface area is 124 Å². The van der Waals surface area contributed by atoms with Crippen molar-refractivity contribution in [2.45, 2.75) is 0 Å². The summed E-state index contributed by atoms with van der Waals surface area (Å²) in [5.74, 6) is -2.34. The molecule has 0 unspecified atom stereocenters. The van der Waals surface area contributed by atoms with Crippen molar-refractivity contribution in [3.05, 3.63) is 64.2 Å². The van der Waals surface area contributed by atoms with Gasteiger partial charge in [0.1, 0.15) is 0 Å². The summed E-state index contributed by atoms with van der Waals surface area (Å²) >= 11 is 5.78. The molecule has 5 nitrogen and oxygen atoms in total. The highest BCUT2D eigenvalue weighted by Crippen LogP contribution is 2.32. The molecule has 1 N–H and O–H groups in total. The Bertz CT molecular complexity index is 765. The van der Waals surface area contributed by atoms with Gasteiger partial charge in [0, 0.05) is 5.02 Å². The Morgan fingerprint density at radius 3 is 2.10 bits per heavy atom. The second kappa shape index (κ2) is 4.71. The lowest BCUT2D eigenvalue weighted by atomic mass is 10.1. The van der Waals surface area contributed by atoms with Gasteiger partial charge in [0.15, 0.2) is 0 Å². The number of hydrogen-bond donors (Lipinski definition) is 1. The van der Waals surface area contributed by atoms with Crippen molar-refractivity contribution in [2.24, 2.45) is 0 Å². The number of aromatic carboxylic acids is 1. The highest BCUT2D eigenvalue weighted by atomic mass is 35.5. The molecule has 3 rings (SSSR count). The predicted molar refractivity (Wildman–Crippen MR) is 76.0 cm³/mol. The highest BCUT2D eigenvalue weighted by molar-refractivity contribution is 6.36. The summed E-state index contributed by atoms with van der Waals surface area (Å²) in [7, 11) is 0. The number of benzene rings is 2. The fraction of sp³-hybridized carbons (Fsp3) is 0. The normalized spacial score (nSPS) is 13.5. The summed E-state index contributed by atoms with van der Waals surface area (Å²) < 4.78 is 0. The zero-order valence-electron chi connectivity index (χ0n) is 10.5. The zero-order valence-corrected chi connectivity index (χ0v) is 11.3. The predicted octanol–water partition coefficient (Wildman–Crippen LogP) is 2.84. The van der Waals surface area contributed by atoms with Crippen LogP contribution >= 0.6 is 11.6 Å². The maximum atomic E-state index is 12.3. The van der Waals surface area contributed by atoms with Gasteiger partial charge in [-0.1, -0.05) is 23.7 Å². The topological polar surface area (TPSA) is 74.7 Å². The molecule has 0 spiro atoms. The number of amides is 2. The summed E-state index contributed by atoms with van der Waals surface area (Å²) in [5.41, 5.74) is 0.331. The molecule has 0 bridgehead atoms. The van der Waals surface area contributed by atoms with E-state index in [1.807, 2.05) is 0 Å². The van der Waals surface area contributed by atoms with Crippen LogP contribution in [0, 0.1) is 0 Å². The lowest BCUT2D eigenvalue weighted by Crippen LogP contribution is -2.30. The SMILES string of the molecule is O=C(O)c1cc(Cl)ccc1N1C(=O)c2ccccc2C1=O. The number of nitrogens with zero attached hydrogens (tertiary/aromatic N) is 1. The fourth-order valence-electron chi connectivity index (χ4n) is 2.28. The van der Waals surface area contributed by atoms with E-state index in [1.54, 1.807) is 12.1 Å². The van der Waals surface area contributed by atoms with Gasteiger partial charge in [0.2, 0.25) is 0 Å². The minimum absolute atomic E-state index is 0.0121. The molecule has 2 aromatic rings. The second-order valence-electron chi connectivity index (χ2n) is 4.46. The van der Waals surface area contributed by atoms with Crippen molar-refractivity contribution in [1.82, 2.24) is 0 Å². The number of carboxylic acid groups (broad SMARTS) is 1. The first-order valence-electron chi connectivity index (χ1n) is 6.01. The van der Waals surface area contributed by atoms with Gasteiger partial charge in [-0.2, -0.15) is 0 Å². The fourth-order valence-corrected chi connectivity index (χ4v) is 2.45. The van der Waals surface area contributed by atoms with Crippen molar-refractivity contribution in [1.29, 1.82) is 0 Å². The van der Waals surface area contributed by atoms with E-state index in [9.17, 15) is 19.5 Å². The number of imide groups is 1. The van der Waals surface area contributed by atoms with E-state index in [0.717, 1.165) is 4.90 Å². The first-order chi connectivity index (χ1) is 10.0. The molecule has 0 aliphatic carbocycles. The van der Waals surface area contributed by atoms with Crippen LogP contribution in [0.2, 0.25) is 5.02 Å². The van der Waals surface area contributed by atoms with Crippen LogP contribution in [0.25, 0.3) is 0 Å². The molecular formula is C15H8ClNO4. The third kappa shape index (κ3) is 1.98. The summed E-state index contributed by atoms with van der Waals surface area (Å²) in [4.78, 5) is 36.9. The Balaban J connectivity index is 2.18. The van der Waals surface area contributed by atoms with Gasteiger partial charge in [-0.05, 0) is 30.3 Å². The summed E-state index contributed by atoms with van der Waals surface area (Å²) in [6, 6.07) is 10.4. The van der Waals surface area contributed by atoms with E-state index in [4.69, 9.17) is 11.6 Å². The molecule has 2 aromatic carbocycles. The molecule has 1 aliphatic heterocycles. The summed E-state index contributed by atoms with van der Waals surface area (Å²) in [6.45, 7) is 0. The minimum atomic E-state index is -1.26. The number of anilines is 1. The zero-order chi connectivity index (χ0) is 15.1.